The second-order valence-electron chi connectivity index (χ2n) is 4.19. The van der Waals surface area contributed by atoms with Gasteiger partial charge in [-0.05, 0) is 30.3 Å². The van der Waals surface area contributed by atoms with Gasteiger partial charge in [-0.25, -0.2) is 9.67 Å². The first-order valence-electron chi connectivity index (χ1n) is 5.87. The van der Waals surface area contributed by atoms with Crippen LogP contribution in [0.5, 0.6) is 0 Å². The number of pyridine rings is 1. The molecule has 4 nitrogen and oxygen atoms in total. The normalized spacial score (nSPS) is 10.7. The van der Waals surface area contributed by atoms with Crippen molar-refractivity contribution in [2.24, 2.45) is 0 Å². The zero-order valence-corrected chi connectivity index (χ0v) is 11.8. The van der Waals surface area contributed by atoms with Crippen LogP contribution in [0.3, 0.4) is 0 Å². The smallest absolute Gasteiger partial charge is 0.153 e. The van der Waals surface area contributed by atoms with E-state index >= 15 is 0 Å². The number of nitrogen functional groups attached to an aromatic ring is 1. The number of aromatic nitrogens is 3. The Morgan fingerprint density at radius 2 is 1.95 bits per heavy atom. The molecular formula is C14H10Cl2N4. The summed E-state index contributed by atoms with van der Waals surface area (Å²) in [5, 5.41) is 5.52. The van der Waals surface area contributed by atoms with Gasteiger partial charge in [0, 0.05) is 16.8 Å². The van der Waals surface area contributed by atoms with E-state index in [9.17, 15) is 0 Å². The molecule has 2 aromatic heterocycles. The van der Waals surface area contributed by atoms with Crippen LogP contribution in [0.25, 0.3) is 17.1 Å². The minimum atomic E-state index is 0.510. The molecule has 0 fully saturated rings. The lowest BCUT2D eigenvalue weighted by Crippen LogP contribution is -1.97. The molecule has 3 rings (SSSR count). The summed E-state index contributed by atoms with van der Waals surface area (Å²) >= 11 is 12.1. The van der Waals surface area contributed by atoms with Crippen LogP contribution in [0.4, 0.5) is 5.69 Å². The van der Waals surface area contributed by atoms with Gasteiger partial charge in [0.1, 0.15) is 5.69 Å². The van der Waals surface area contributed by atoms with Gasteiger partial charge < -0.3 is 5.73 Å². The molecule has 1 aromatic carbocycles. The fourth-order valence-corrected chi connectivity index (χ4v) is 2.38. The second-order valence-corrected chi connectivity index (χ2v) is 5.03. The molecule has 0 spiro atoms. The molecule has 0 radical (unpaired) electrons. The number of nitrogens with zero attached hydrogens (tertiary/aromatic N) is 3. The molecule has 6 heteroatoms. The number of benzene rings is 1. The summed E-state index contributed by atoms with van der Waals surface area (Å²) in [4.78, 5) is 4.22. The SMILES string of the molecule is Nc1cn(-c2ccccn2)nc1-c1ccc(Cl)cc1Cl. The molecule has 3 aromatic rings. The molecule has 0 saturated heterocycles. The third kappa shape index (κ3) is 2.35. The first-order chi connectivity index (χ1) is 9.65. The third-order valence-electron chi connectivity index (χ3n) is 2.81. The van der Waals surface area contributed by atoms with Gasteiger partial charge in [-0.2, -0.15) is 5.10 Å². The van der Waals surface area contributed by atoms with Crippen LogP contribution in [0.2, 0.25) is 10.0 Å². The molecule has 0 bridgehead atoms. The maximum atomic E-state index is 6.19. The average Bonchev–Trinajstić information content (AvgIpc) is 2.82. The summed E-state index contributed by atoms with van der Waals surface area (Å²) in [6, 6.07) is 10.8. The average molecular weight is 305 g/mol. The predicted molar refractivity (Wildman–Crippen MR) is 81.2 cm³/mol. The topological polar surface area (TPSA) is 56.7 Å². The van der Waals surface area contributed by atoms with E-state index < -0.39 is 0 Å². The Morgan fingerprint density at radius 3 is 2.65 bits per heavy atom. The van der Waals surface area contributed by atoms with Crippen molar-refractivity contribution in [2.75, 3.05) is 5.73 Å². The molecule has 2 heterocycles. The molecule has 0 unspecified atom stereocenters. The number of hydrogen-bond acceptors (Lipinski definition) is 3. The minimum absolute atomic E-state index is 0.510. The fourth-order valence-electron chi connectivity index (χ4n) is 1.88. The van der Waals surface area contributed by atoms with Gasteiger partial charge in [0.25, 0.3) is 0 Å². The van der Waals surface area contributed by atoms with Crippen LogP contribution >= 0.6 is 23.2 Å². The Labute approximate surface area is 125 Å². The molecule has 2 N–H and O–H groups in total. The third-order valence-corrected chi connectivity index (χ3v) is 3.36. The number of halogens is 2. The second kappa shape index (κ2) is 5.15. The quantitative estimate of drug-likeness (QED) is 0.783. The lowest BCUT2D eigenvalue weighted by molar-refractivity contribution is 0.850. The van der Waals surface area contributed by atoms with Crippen LogP contribution in [0.15, 0.2) is 48.8 Å². The first kappa shape index (κ1) is 13.0. The number of anilines is 1. The van der Waals surface area contributed by atoms with Gasteiger partial charge in [0.15, 0.2) is 5.82 Å². The van der Waals surface area contributed by atoms with Crippen LogP contribution in [0, 0.1) is 0 Å². The van der Waals surface area contributed by atoms with Crippen LogP contribution in [-0.4, -0.2) is 14.8 Å². The van der Waals surface area contributed by atoms with Crippen LogP contribution in [0.1, 0.15) is 0 Å². The van der Waals surface area contributed by atoms with Crippen molar-refractivity contribution in [3.05, 3.63) is 58.8 Å². The molecule has 0 saturated carbocycles. The summed E-state index contributed by atoms with van der Waals surface area (Å²) in [5.74, 6) is 0.690. The zero-order chi connectivity index (χ0) is 14.1. The molecule has 0 aliphatic rings. The van der Waals surface area contributed by atoms with Crippen LogP contribution in [-0.2, 0) is 0 Å². The summed E-state index contributed by atoms with van der Waals surface area (Å²) in [6.07, 6.45) is 3.41. The van der Waals surface area contributed by atoms with Crippen molar-refractivity contribution in [2.45, 2.75) is 0 Å². The van der Waals surface area contributed by atoms with E-state index in [0.29, 0.717) is 27.2 Å². The zero-order valence-electron chi connectivity index (χ0n) is 10.3. The lowest BCUT2D eigenvalue weighted by Gasteiger charge is -2.02. The van der Waals surface area contributed by atoms with E-state index in [4.69, 9.17) is 28.9 Å². The molecule has 20 heavy (non-hydrogen) atoms. The van der Waals surface area contributed by atoms with Crippen molar-refractivity contribution < 1.29 is 0 Å². The Morgan fingerprint density at radius 1 is 1.10 bits per heavy atom. The highest BCUT2D eigenvalue weighted by Crippen LogP contribution is 2.32. The van der Waals surface area contributed by atoms with E-state index in [1.54, 1.807) is 35.3 Å². The van der Waals surface area contributed by atoms with Gasteiger partial charge in [0.2, 0.25) is 0 Å². The summed E-state index contributed by atoms with van der Waals surface area (Å²) in [6.45, 7) is 0. The lowest BCUT2D eigenvalue weighted by atomic mass is 10.1. The van der Waals surface area contributed by atoms with E-state index in [1.165, 1.54) is 0 Å². The van der Waals surface area contributed by atoms with Gasteiger partial charge in [-0.1, -0.05) is 29.3 Å². The molecular weight excluding hydrogens is 295 g/mol. The maximum absolute atomic E-state index is 6.19. The first-order valence-corrected chi connectivity index (χ1v) is 6.63. The Hall–Kier alpha value is -2.04. The summed E-state index contributed by atoms with van der Waals surface area (Å²) in [7, 11) is 0. The highest BCUT2D eigenvalue weighted by molar-refractivity contribution is 6.36. The highest BCUT2D eigenvalue weighted by atomic mass is 35.5. The summed E-state index contributed by atoms with van der Waals surface area (Å²) in [5.41, 5.74) is 7.89. The van der Waals surface area contributed by atoms with Crippen molar-refractivity contribution in [1.82, 2.24) is 14.8 Å². The van der Waals surface area contributed by atoms with Crippen molar-refractivity contribution >= 4 is 28.9 Å². The standard InChI is InChI=1S/C14H10Cl2N4/c15-9-4-5-10(11(16)7-9)14-12(17)8-20(19-14)13-3-1-2-6-18-13/h1-8H,17H2. The maximum Gasteiger partial charge on any atom is 0.153 e. The van der Waals surface area contributed by atoms with Crippen molar-refractivity contribution in [3.63, 3.8) is 0 Å². The van der Waals surface area contributed by atoms with Gasteiger partial charge in [0.05, 0.1) is 16.9 Å². The largest absolute Gasteiger partial charge is 0.396 e. The number of nitrogens with two attached hydrogens (primary N) is 1. The van der Waals surface area contributed by atoms with Crippen molar-refractivity contribution in [3.8, 4) is 17.1 Å². The number of rotatable bonds is 2. The van der Waals surface area contributed by atoms with Crippen molar-refractivity contribution in [1.29, 1.82) is 0 Å². The van der Waals surface area contributed by atoms with E-state index in [2.05, 4.69) is 10.1 Å². The molecule has 0 atom stereocenters. The van der Waals surface area contributed by atoms with Crippen LogP contribution < -0.4 is 5.73 Å². The number of hydrogen-bond donors (Lipinski definition) is 1. The van der Waals surface area contributed by atoms with E-state index in [-0.39, 0.29) is 0 Å². The Bertz CT molecular complexity index is 753. The van der Waals surface area contributed by atoms with Gasteiger partial charge >= 0.3 is 0 Å². The van der Waals surface area contributed by atoms with E-state index in [1.807, 2.05) is 18.2 Å². The minimum Gasteiger partial charge on any atom is -0.396 e. The fraction of sp³-hybridized carbons (Fsp3) is 0. The summed E-state index contributed by atoms with van der Waals surface area (Å²) < 4.78 is 1.62. The van der Waals surface area contributed by atoms with Gasteiger partial charge in [-0.15, -0.1) is 0 Å². The monoisotopic (exact) mass is 304 g/mol. The van der Waals surface area contributed by atoms with E-state index in [0.717, 1.165) is 5.56 Å². The molecule has 0 aliphatic heterocycles. The molecule has 0 aliphatic carbocycles. The predicted octanol–water partition coefficient (Wildman–Crippen LogP) is 3.82. The molecule has 0 amide bonds. The Kier molecular flexibility index (Phi) is 3.34. The molecule has 100 valence electrons. The highest BCUT2D eigenvalue weighted by Gasteiger charge is 2.13. The Balaban J connectivity index is 2.10. The van der Waals surface area contributed by atoms with Gasteiger partial charge in [-0.3, -0.25) is 0 Å².